The zero-order valence-electron chi connectivity index (χ0n) is 32.8. The second-order valence-corrected chi connectivity index (χ2v) is 15.7. The van der Waals surface area contributed by atoms with Crippen molar-refractivity contribution in [1.82, 2.24) is 0 Å². The fraction of sp³-hybridized carbons (Fsp3) is 0.0526. The molecular formula is C57H43N. The summed E-state index contributed by atoms with van der Waals surface area (Å²) in [4.78, 5) is 2.50. The Morgan fingerprint density at radius 2 is 0.724 bits per heavy atom. The molecule has 9 aromatic rings. The predicted octanol–water partition coefficient (Wildman–Crippen LogP) is 15.8. The smallest absolute Gasteiger partial charge is 0.0546 e. The SMILES string of the molecule is CC1(C)c2ccccc2-c2ccc(N(c3cccc(-c4ccccc4-c4ccccc4)c3)c3cccc(-c4ccccc4)c3-c3ccccc3-c3ccccc3)cc21. The van der Waals surface area contributed by atoms with Gasteiger partial charge in [-0.15, -0.1) is 0 Å². The first-order valence-corrected chi connectivity index (χ1v) is 20.2. The monoisotopic (exact) mass is 741 g/mol. The van der Waals surface area contributed by atoms with Crippen LogP contribution in [0.1, 0.15) is 25.0 Å². The first-order valence-electron chi connectivity index (χ1n) is 20.2. The minimum absolute atomic E-state index is 0.154. The van der Waals surface area contributed by atoms with Crippen molar-refractivity contribution in [2.24, 2.45) is 0 Å². The molecule has 1 aliphatic carbocycles. The van der Waals surface area contributed by atoms with Gasteiger partial charge in [-0.05, 0) is 103 Å². The molecule has 0 saturated heterocycles. The molecule has 0 fully saturated rings. The summed E-state index contributed by atoms with van der Waals surface area (Å²) in [6.07, 6.45) is 0. The highest BCUT2D eigenvalue weighted by Gasteiger charge is 2.36. The van der Waals surface area contributed by atoms with Crippen LogP contribution in [0, 0.1) is 0 Å². The molecule has 0 N–H and O–H groups in total. The first-order chi connectivity index (χ1) is 28.6. The van der Waals surface area contributed by atoms with Gasteiger partial charge in [-0.1, -0.05) is 208 Å². The van der Waals surface area contributed by atoms with Crippen LogP contribution in [0.2, 0.25) is 0 Å². The summed E-state index contributed by atoms with van der Waals surface area (Å²) < 4.78 is 0. The Bertz CT molecular complexity index is 2910. The van der Waals surface area contributed by atoms with Crippen molar-refractivity contribution in [3.63, 3.8) is 0 Å². The van der Waals surface area contributed by atoms with Crippen LogP contribution in [-0.2, 0) is 5.41 Å². The molecule has 276 valence electrons. The van der Waals surface area contributed by atoms with Gasteiger partial charge in [-0.3, -0.25) is 0 Å². The number of nitrogens with zero attached hydrogens (tertiary/aromatic N) is 1. The van der Waals surface area contributed by atoms with E-state index in [-0.39, 0.29) is 5.41 Å². The van der Waals surface area contributed by atoms with Crippen LogP contribution in [0.4, 0.5) is 17.1 Å². The summed E-state index contributed by atoms with van der Waals surface area (Å²) in [5.74, 6) is 0. The zero-order chi connectivity index (χ0) is 39.1. The number of benzene rings is 9. The third-order valence-corrected chi connectivity index (χ3v) is 11.9. The molecule has 10 rings (SSSR count). The lowest BCUT2D eigenvalue weighted by Crippen LogP contribution is -2.17. The summed E-state index contributed by atoms with van der Waals surface area (Å²) >= 11 is 0. The first kappa shape index (κ1) is 35.2. The lowest BCUT2D eigenvalue weighted by atomic mass is 9.82. The van der Waals surface area contributed by atoms with Gasteiger partial charge < -0.3 is 4.90 Å². The van der Waals surface area contributed by atoms with E-state index >= 15 is 0 Å². The van der Waals surface area contributed by atoms with Gasteiger partial charge in [0.1, 0.15) is 0 Å². The van der Waals surface area contributed by atoms with Crippen molar-refractivity contribution < 1.29 is 0 Å². The summed E-state index contributed by atoms with van der Waals surface area (Å²) in [5.41, 5.74) is 20.4. The van der Waals surface area contributed by atoms with Crippen LogP contribution in [0.25, 0.3) is 66.8 Å². The summed E-state index contributed by atoms with van der Waals surface area (Å²) in [5, 5.41) is 0. The summed E-state index contributed by atoms with van der Waals surface area (Å²) in [6, 6.07) is 81.9. The minimum Gasteiger partial charge on any atom is -0.310 e. The van der Waals surface area contributed by atoms with Crippen molar-refractivity contribution >= 4 is 17.1 Å². The molecule has 0 unspecified atom stereocenters. The topological polar surface area (TPSA) is 3.24 Å². The highest BCUT2D eigenvalue weighted by molar-refractivity contribution is 6.02. The Kier molecular flexibility index (Phi) is 8.92. The van der Waals surface area contributed by atoms with Gasteiger partial charge >= 0.3 is 0 Å². The van der Waals surface area contributed by atoms with Gasteiger partial charge in [0.15, 0.2) is 0 Å². The number of rotatable bonds is 8. The van der Waals surface area contributed by atoms with Crippen molar-refractivity contribution in [3.05, 3.63) is 236 Å². The van der Waals surface area contributed by atoms with Crippen LogP contribution < -0.4 is 4.90 Å². The van der Waals surface area contributed by atoms with Gasteiger partial charge in [0, 0.05) is 22.4 Å². The van der Waals surface area contributed by atoms with Gasteiger partial charge in [0.05, 0.1) is 5.69 Å². The van der Waals surface area contributed by atoms with E-state index in [1.165, 1.54) is 77.9 Å². The zero-order valence-corrected chi connectivity index (χ0v) is 32.8. The fourth-order valence-corrected chi connectivity index (χ4v) is 9.11. The van der Waals surface area contributed by atoms with E-state index in [0.717, 1.165) is 17.1 Å². The van der Waals surface area contributed by atoms with Gasteiger partial charge in [-0.2, -0.15) is 0 Å². The second kappa shape index (κ2) is 14.7. The molecule has 1 aliphatic rings. The number of hydrogen-bond donors (Lipinski definition) is 0. The van der Waals surface area contributed by atoms with Crippen LogP contribution in [-0.4, -0.2) is 0 Å². The van der Waals surface area contributed by atoms with E-state index in [0.29, 0.717) is 0 Å². The molecule has 58 heavy (non-hydrogen) atoms. The molecular weight excluding hydrogens is 699 g/mol. The van der Waals surface area contributed by atoms with Crippen molar-refractivity contribution in [3.8, 4) is 66.8 Å². The number of anilines is 3. The Morgan fingerprint density at radius 3 is 1.36 bits per heavy atom. The lowest BCUT2D eigenvalue weighted by Gasteiger charge is -2.31. The molecule has 0 heterocycles. The van der Waals surface area contributed by atoms with E-state index in [1.807, 2.05) is 0 Å². The van der Waals surface area contributed by atoms with Crippen LogP contribution in [0.15, 0.2) is 224 Å². The molecule has 0 aromatic heterocycles. The van der Waals surface area contributed by atoms with Crippen LogP contribution in [0.5, 0.6) is 0 Å². The molecule has 0 bridgehead atoms. The van der Waals surface area contributed by atoms with Crippen molar-refractivity contribution in [2.75, 3.05) is 4.90 Å². The Morgan fingerprint density at radius 1 is 0.293 bits per heavy atom. The fourth-order valence-electron chi connectivity index (χ4n) is 9.11. The largest absolute Gasteiger partial charge is 0.310 e. The van der Waals surface area contributed by atoms with Crippen molar-refractivity contribution in [1.29, 1.82) is 0 Å². The quantitative estimate of drug-likeness (QED) is 0.150. The molecule has 1 heteroatoms. The maximum atomic E-state index is 2.50. The van der Waals surface area contributed by atoms with Gasteiger partial charge in [-0.25, -0.2) is 0 Å². The molecule has 0 radical (unpaired) electrons. The molecule has 1 nitrogen and oxygen atoms in total. The predicted molar refractivity (Wildman–Crippen MR) is 246 cm³/mol. The van der Waals surface area contributed by atoms with E-state index in [4.69, 9.17) is 0 Å². The highest BCUT2D eigenvalue weighted by atomic mass is 15.1. The summed E-state index contributed by atoms with van der Waals surface area (Å²) in [7, 11) is 0. The maximum Gasteiger partial charge on any atom is 0.0546 e. The molecule has 0 spiro atoms. The van der Waals surface area contributed by atoms with Gasteiger partial charge in [0.25, 0.3) is 0 Å². The standard InChI is InChI=1S/C57H43N/c1-57(2)53-34-17-16-31-50(53)51-37-36-45(39-54(51)57)58(44-27-18-26-43(38-44)48-30-13-12-28-46(48)40-20-6-3-7-21-40)55-35-19-33-49(42-24-10-5-11-25-42)56(55)52-32-15-14-29-47(52)41-22-8-4-9-23-41/h3-39H,1-2H3. The highest BCUT2D eigenvalue weighted by Crippen LogP contribution is 2.53. The summed E-state index contributed by atoms with van der Waals surface area (Å²) in [6.45, 7) is 4.73. The average molecular weight is 742 g/mol. The maximum absolute atomic E-state index is 2.50. The van der Waals surface area contributed by atoms with E-state index < -0.39 is 0 Å². The third kappa shape index (κ3) is 6.13. The molecule has 0 atom stereocenters. The average Bonchev–Trinajstić information content (AvgIpc) is 3.52. The van der Waals surface area contributed by atoms with Crippen LogP contribution >= 0.6 is 0 Å². The van der Waals surface area contributed by atoms with E-state index in [9.17, 15) is 0 Å². The van der Waals surface area contributed by atoms with Crippen molar-refractivity contribution in [2.45, 2.75) is 19.3 Å². The van der Waals surface area contributed by atoms with E-state index in [2.05, 4.69) is 243 Å². The Balaban J connectivity index is 1.26. The lowest BCUT2D eigenvalue weighted by molar-refractivity contribution is 0.660. The second-order valence-electron chi connectivity index (χ2n) is 15.7. The number of fused-ring (bicyclic) bond motifs is 3. The molecule has 9 aromatic carbocycles. The number of hydrogen-bond acceptors (Lipinski definition) is 1. The third-order valence-electron chi connectivity index (χ3n) is 11.9. The molecule has 0 saturated carbocycles. The Hall–Kier alpha value is -7.22. The van der Waals surface area contributed by atoms with Gasteiger partial charge in [0.2, 0.25) is 0 Å². The van der Waals surface area contributed by atoms with Crippen LogP contribution in [0.3, 0.4) is 0 Å². The Labute approximate surface area is 342 Å². The molecule has 0 aliphatic heterocycles. The normalized spacial score (nSPS) is 12.4. The minimum atomic E-state index is -0.154. The van der Waals surface area contributed by atoms with E-state index in [1.54, 1.807) is 0 Å². The molecule has 0 amide bonds.